The monoisotopic (exact) mass is 396 g/mol. The van der Waals surface area contributed by atoms with Gasteiger partial charge in [0, 0.05) is 28.3 Å². The van der Waals surface area contributed by atoms with Gasteiger partial charge >= 0.3 is 5.63 Å². The van der Waals surface area contributed by atoms with Crippen LogP contribution in [0.3, 0.4) is 0 Å². The van der Waals surface area contributed by atoms with Crippen molar-refractivity contribution in [2.24, 2.45) is 0 Å². The van der Waals surface area contributed by atoms with Crippen LogP contribution in [0.2, 0.25) is 0 Å². The summed E-state index contributed by atoms with van der Waals surface area (Å²) >= 11 is 0. The molecule has 2 aromatic heterocycles. The Labute approximate surface area is 166 Å². The Morgan fingerprint density at radius 1 is 1.10 bits per heavy atom. The highest BCUT2D eigenvalue weighted by atomic mass is 16.4. The Kier molecular flexibility index (Phi) is 4.68. The summed E-state index contributed by atoms with van der Waals surface area (Å²) in [4.78, 5) is 35.6. The first-order chi connectivity index (χ1) is 13.8. The Morgan fingerprint density at radius 3 is 2.52 bits per heavy atom. The Bertz CT molecular complexity index is 1220. The summed E-state index contributed by atoms with van der Waals surface area (Å²) in [6, 6.07) is 0.837. The van der Waals surface area contributed by atoms with E-state index in [1.54, 1.807) is 6.92 Å². The minimum absolute atomic E-state index is 0.219. The average Bonchev–Trinajstić information content (AvgIpc) is 3.05. The lowest BCUT2D eigenvalue weighted by molar-refractivity contribution is -0.307. The maximum Gasteiger partial charge on any atom is 0.340 e. The molecule has 0 unspecified atom stereocenters. The van der Waals surface area contributed by atoms with Gasteiger partial charge in [0.15, 0.2) is 0 Å². The van der Waals surface area contributed by atoms with Crippen LogP contribution in [0.1, 0.15) is 47.8 Å². The number of carbonyl (C=O) groups is 2. The van der Waals surface area contributed by atoms with E-state index in [0.29, 0.717) is 11.1 Å². The van der Waals surface area contributed by atoms with Gasteiger partial charge in [0.25, 0.3) is 0 Å². The smallest absolute Gasteiger partial charge is 0.340 e. The van der Waals surface area contributed by atoms with Gasteiger partial charge in [-0.3, -0.25) is 4.79 Å². The standard InChI is InChI=1S/C22H23NO6/c1-10-14-8-16-13-6-4-5-7-17(13)28-20(16)11(2)19(14)29-22(27)15(10)9-18(24)23-12(3)21(25)26/h8,12H,4-7,9H2,1-3H3,(H,23,24)(H,25,26)/p-1/t12-/m0/s1. The van der Waals surface area contributed by atoms with E-state index < -0.39 is 23.5 Å². The molecule has 152 valence electrons. The second kappa shape index (κ2) is 7.06. The number of rotatable bonds is 4. The van der Waals surface area contributed by atoms with E-state index in [0.717, 1.165) is 53.4 Å². The van der Waals surface area contributed by atoms with E-state index in [9.17, 15) is 19.5 Å². The molecule has 29 heavy (non-hydrogen) atoms. The molecule has 7 nitrogen and oxygen atoms in total. The number of carboxylic acids is 1. The van der Waals surface area contributed by atoms with Crippen molar-refractivity contribution in [2.75, 3.05) is 0 Å². The lowest BCUT2D eigenvalue weighted by Crippen LogP contribution is -2.46. The van der Waals surface area contributed by atoms with E-state index in [1.807, 2.05) is 13.0 Å². The van der Waals surface area contributed by atoms with Gasteiger partial charge in [-0.05, 0) is 51.7 Å². The summed E-state index contributed by atoms with van der Waals surface area (Å²) in [5.74, 6) is -0.959. The summed E-state index contributed by atoms with van der Waals surface area (Å²) in [6.45, 7) is 4.96. The average molecular weight is 396 g/mol. The third-order valence-corrected chi connectivity index (χ3v) is 5.79. The largest absolute Gasteiger partial charge is 0.548 e. The van der Waals surface area contributed by atoms with Crippen LogP contribution in [-0.4, -0.2) is 17.9 Å². The molecular weight excluding hydrogens is 374 g/mol. The molecule has 7 heteroatoms. The molecule has 2 heterocycles. The molecule has 1 N–H and O–H groups in total. The highest BCUT2D eigenvalue weighted by molar-refractivity contribution is 6.00. The van der Waals surface area contributed by atoms with Crippen molar-refractivity contribution < 1.29 is 23.5 Å². The summed E-state index contributed by atoms with van der Waals surface area (Å²) < 4.78 is 11.7. The van der Waals surface area contributed by atoms with Crippen molar-refractivity contribution in [1.82, 2.24) is 5.32 Å². The number of furan rings is 1. The molecule has 0 radical (unpaired) electrons. The fourth-order valence-corrected chi connectivity index (χ4v) is 4.13. The predicted molar refractivity (Wildman–Crippen MR) is 105 cm³/mol. The quantitative estimate of drug-likeness (QED) is 0.673. The zero-order valence-electron chi connectivity index (χ0n) is 16.6. The first kappa shape index (κ1) is 19.2. The second-order valence-corrected chi connectivity index (χ2v) is 7.74. The number of carbonyl (C=O) groups excluding carboxylic acids is 2. The first-order valence-corrected chi connectivity index (χ1v) is 9.78. The highest BCUT2D eigenvalue weighted by Crippen LogP contribution is 2.37. The zero-order chi connectivity index (χ0) is 20.9. The molecule has 1 aliphatic carbocycles. The number of carboxylic acid groups (broad SMARTS) is 1. The van der Waals surface area contributed by atoms with Gasteiger partial charge in [-0.25, -0.2) is 4.79 Å². The number of fused-ring (bicyclic) bond motifs is 4. The minimum Gasteiger partial charge on any atom is -0.548 e. The molecule has 1 amide bonds. The van der Waals surface area contributed by atoms with Crippen molar-refractivity contribution >= 4 is 33.8 Å². The molecule has 1 atom stereocenters. The molecule has 1 aliphatic rings. The van der Waals surface area contributed by atoms with Gasteiger partial charge in [0.2, 0.25) is 5.91 Å². The topological polar surface area (TPSA) is 113 Å². The summed E-state index contributed by atoms with van der Waals surface area (Å²) in [6.07, 6.45) is 3.82. The van der Waals surface area contributed by atoms with Crippen molar-refractivity contribution in [2.45, 2.75) is 58.9 Å². The van der Waals surface area contributed by atoms with E-state index in [-0.39, 0.29) is 12.0 Å². The lowest BCUT2D eigenvalue weighted by Gasteiger charge is -2.15. The zero-order valence-corrected chi connectivity index (χ0v) is 16.6. The Hall–Kier alpha value is -3.09. The predicted octanol–water partition coefficient (Wildman–Crippen LogP) is 1.83. The maximum absolute atomic E-state index is 12.6. The van der Waals surface area contributed by atoms with Gasteiger partial charge in [-0.15, -0.1) is 0 Å². The molecule has 4 rings (SSSR count). The maximum atomic E-state index is 12.6. The Morgan fingerprint density at radius 2 is 1.79 bits per heavy atom. The van der Waals surface area contributed by atoms with Crippen LogP contribution in [-0.2, 0) is 28.9 Å². The first-order valence-electron chi connectivity index (χ1n) is 9.78. The van der Waals surface area contributed by atoms with Crippen LogP contribution in [0.4, 0.5) is 0 Å². The van der Waals surface area contributed by atoms with Gasteiger partial charge in [-0.2, -0.15) is 0 Å². The number of hydrogen-bond donors (Lipinski definition) is 1. The van der Waals surface area contributed by atoms with E-state index in [2.05, 4.69) is 5.32 Å². The van der Waals surface area contributed by atoms with Gasteiger partial charge in [0.1, 0.15) is 16.9 Å². The summed E-state index contributed by atoms with van der Waals surface area (Å²) in [7, 11) is 0. The number of hydrogen-bond acceptors (Lipinski definition) is 6. The van der Waals surface area contributed by atoms with Crippen LogP contribution in [0.15, 0.2) is 19.7 Å². The van der Waals surface area contributed by atoms with Crippen LogP contribution in [0.5, 0.6) is 0 Å². The fraction of sp³-hybridized carbons (Fsp3) is 0.409. The molecule has 0 spiro atoms. The number of amides is 1. The molecule has 0 bridgehead atoms. The molecule has 3 aromatic rings. The normalized spacial score (nSPS) is 14.7. The number of nitrogens with one attached hydrogen (secondary N) is 1. The van der Waals surface area contributed by atoms with Crippen LogP contribution < -0.4 is 16.0 Å². The van der Waals surface area contributed by atoms with E-state index in [4.69, 9.17) is 8.83 Å². The van der Waals surface area contributed by atoms with Gasteiger partial charge < -0.3 is 24.1 Å². The van der Waals surface area contributed by atoms with Crippen molar-refractivity contribution in [3.63, 3.8) is 0 Å². The van der Waals surface area contributed by atoms with E-state index >= 15 is 0 Å². The molecule has 0 saturated heterocycles. The van der Waals surface area contributed by atoms with Crippen molar-refractivity contribution in [3.8, 4) is 0 Å². The number of benzene rings is 1. The molecular formula is C22H22NO6-. The summed E-state index contributed by atoms with van der Waals surface area (Å²) in [5.41, 5.74) is 3.46. The van der Waals surface area contributed by atoms with Crippen molar-refractivity contribution in [1.29, 1.82) is 0 Å². The van der Waals surface area contributed by atoms with Crippen LogP contribution in [0.25, 0.3) is 21.9 Å². The lowest BCUT2D eigenvalue weighted by atomic mass is 9.93. The van der Waals surface area contributed by atoms with Crippen molar-refractivity contribution in [3.05, 3.63) is 44.5 Å². The van der Waals surface area contributed by atoms with Crippen LogP contribution in [0, 0.1) is 13.8 Å². The molecule has 0 saturated carbocycles. The van der Waals surface area contributed by atoms with Gasteiger partial charge in [0.05, 0.1) is 24.0 Å². The fourth-order valence-electron chi connectivity index (χ4n) is 4.13. The van der Waals surface area contributed by atoms with Crippen LogP contribution >= 0.6 is 0 Å². The third-order valence-electron chi connectivity index (χ3n) is 5.79. The highest BCUT2D eigenvalue weighted by Gasteiger charge is 2.23. The summed E-state index contributed by atoms with van der Waals surface area (Å²) in [5, 5.41) is 14.9. The van der Waals surface area contributed by atoms with E-state index in [1.165, 1.54) is 12.5 Å². The molecule has 0 aliphatic heterocycles. The molecule has 0 fully saturated rings. The minimum atomic E-state index is -1.39. The SMILES string of the molecule is Cc1c(CC(=O)N[C@@H](C)C(=O)[O-])c(=O)oc2c(C)c3oc4c(c3cc12)CCCC4. The number of aliphatic carboxylic acids is 1. The van der Waals surface area contributed by atoms with Gasteiger partial charge in [-0.1, -0.05) is 0 Å². The second-order valence-electron chi connectivity index (χ2n) is 7.74. The molecule has 1 aromatic carbocycles. The Balaban J connectivity index is 1.83. The number of aryl methyl sites for hydroxylation is 4. The third kappa shape index (κ3) is 3.20.